The van der Waals surface area contributed by atoms with Crippen LogP contribution in [-0.2, 0) is 4.74 Å². The Balaban J connectivity index is 0.00000225. The maximum atomic E-state index is 12.6. The van der Waals surface area contributed by atoms with Crippen LogP contribution in [0.15, 0.2) is 59.1 Å². The quantitative estimate of drug-likeness (QED) is 0.343. The molecule has 0 N–H and O–H groups in total. The number of halogens is 2. The molecule has 134 valence electrons. The van der Waals surface area contributed by atoms with E-state index in [9.17, 15) is 4.79 Å². The average molecular weight is 516 g/mol. The summed E-state index contributed by atoms with van der Waals surface area (Å²) in [6.07, 6.45) is 2.28. The monoisotopic (exact) mass is 515 g/mol. The molecule has 0 spiro atoms. The molecule has 1 unspecified atom stereocenters. The van der Waals surface area contributed by atoms with Crippen LogP contribution in [0.1, 0.15) is 34.9 Å². The van der Waals surface area contributed by atoms with Gasteiger partial charge in [0.2, 0.25) is 0 Å². The van der Waals surface area contributed by atoms with E-state index >= 15 is 0 Å². The third-order valence-corrected chi connectivity index (χ3v) is 5.28. The Morgan fingerprint density at radius 1 is 1.08 bits per heavy atom. The number of likely N-dealkylation sites (tertiary alicyclic amines) is 1. The van der Waals surface area contributed by atoms with Gasteiger partial charge in [-0.2, -0.15) is 0 Å². The molecular formula is C20H23BrINO2. The summed E-state index contributed by atoms with van der Waals surface area (Å²) >= 11 is 3.39. The number of quaternary nitrogens is 1. The zero-order valence-electron chi connectivity index (χ0n) is 14.3. The highest BCUT2D eigenvalue weighted by Crippen LogP contribution is 2.26. The number of hydrogen-bond donors (Lipinski definition) is 0. The molecule has 2 aromatic rings. The van der Waals surface area contributed by atoms with Crippen LogP contribution in [-0.4, -0.2) is 37.1 Å². The molecule has 3 nitrogen and oxygen atoms in total. The molecule has 1 aliphatic rings. The summed E-state index contributed by atoms with van der Waals surface area (Å²) in [5.41, 5.74) is 1.65. The molecule has 1 atom stereocenters. The van der Waals surface area contributed by atoms with Crippen LogP contribution in [0, 0.1) is 0 Å². The molecule has 0 bridgehead atoms. The van der Waals surface area contributed by atoms with Gasteiger partial charge in [0.05, 0.1) is 25.7 Å². The molecule has 0 saturated carbocycles. The number of likely N-dealkylation sites (N-methyl/N-ethyl adjacent to an activating group) is 1. The molecular weight excluding hydrogens is 493 g/mol. The average Bonchev–Trinajstić information content (AvgIpc) is 3.02. The van der Waals surface area contributed by atoms with Crippen LogP contribution in [0.5, 0.6) is 0 Å². The zero-order valence-corrected chi connectivity index (χ0v) is 18.1. The fourth-order valence-electron chi connectivity index (χ4n) is 3.34. The SMILES string of the molecule is C[N+]1(CC(OC(=O)c2ccc(Br)cc2)c2ccccc2)CCCC1.[I-]. The zero-order chi connectivity index (χ0) is 17.0. The first-order valence-electron chi connectivity index (χ1n) is 8.41. The fourth-order valence-corrected chi connectivity index (χ4v) is 3.61. The van der Waals surface area contributed by atoms with Gasteiger partial charge in [0.1, 0.15) is 6.54 Å². The van der Waals surface area contributed by atoms with Gasteiger partial charge in [0, 0.05) is 17.3 Å². The molecule has 1 heterocycles. The van der Waals surface area contributed by atoms with Gasteiger partial charge in [-0.05, 0) is 29.8 Å². The van der Waals surface area contributed by atoms with Crippen LogP contribution in [0.2, 0.25) is 0 Å². The number of ether oxygens (including phenoxy) is 1. The number of rotatable bonds is 5. The lowest BCUT2D eigenvalue weighted by Crippen LogP contribution is -3.00. The second-order valence-electron chi connectivity index (χ2n) is 6.77. The lowest BCUT2D eigenvalue weighted by molar-refractivity contribution is -0.901. The molecule has 1 saturated heterocycles. The van der Waals surface area contributed by atoms with E-state index in [1.807, 2.05) is 42.5 Å². The van der Waals surface area contributed by atoms with Gasteiger partial charge in [-0.3, -0.25) is 0 Å². The second kappa shape index (κ2) is 9.14. The van der Waals surface area contributed by atoms with Gasteiger partial charge >= 0.3 is 5.97 Å². The largest absolute Gasteiger partial charge is 1.00 e. The van der Waals surface area contributed by atoms with Crippen LogP contribution in [0.25, 0.3) is 0 Å². The van der Waals surface area contributed by atoms with Crippen molar-refractivity contribution < 1.29 is 38.0 Å². The number of carbonyl (C=O) groups excluding carboxylic acids is 1. The molecule has 0 amide bonds. The Hall–Kier alpha value is -0.920. The van der Waals surface area contributed by atoms with E-state index in [-0.39, 0.29) is 36.0 Å². The van der Waals surface area contributed by atoms with Gasteiger partial charge in [-0.15, -0.1) is 0 Å². The van der Waals surface area contributed by atoms with E-state index in [2.05, 4.69) is 23.0 Å². The number of esters is 1. The van der Waals surface area contributed by atoms with Crippen molar-refractivity contribution in [1.82, 2.24) is 0 Å². The number of benzene rings is 2. The van der Waals surface area contributed by atoms with E-state index in [1.165, 1.54) is 12.8 Å². The molecule has 5 heteroatoms. The third kappa shape index (κ3) is 5.53. The molecule has 1 fully saturated rings. The number of nitrogens with zero attached hydrogens (tertiary/aromatic N) is 1. The smallest absolute Gasteiger partial charge is 0.338 e. The van der Waals surface area contributed by atoms with Crippen molar-refractivity contribution in [2.24, 2.45) is 0 Å². The first-order valence-corrected chi connectivity index (χ1v) is 9.20. The Morgan fingerprint density at radius 2 is 1.68 bits per heavy atom. The highest BCUT2D eigenvalue weighted by molar-refractivity contribution is 9.10. The molecule has 25 heavy (non-hydrogen) atoms. The Labute approximate surface area is 175 Å². The first-order chi connectivity index (χ1) is 11.6. The van der Waals surface area contributed by atoms with Crippen LogP contribution in [0.3, 0.4) is 0 Å². The first kappa shape index (κ1) is 20.4. The Kier molecular flexibility index (Phi) is 7.46. The summed E-state index contributed by atoms with van der Waals surface area (Å²) in [6.45, 7) is 3.13. The number of carbonyl (C=O) groups is 1. The van der Waals surface area contributed by atoms with Crippen molar-refractivity contribution in [2.75, 3.05) is 26.7 Å². The summed E-state index contributed by atoms with van der Waals surface area (Å²) in [5, 5.41) is 0. The lowest BCUT2D eigenvalue weighted by atomic mass is 10.1. The van der Waals surface area contributed by atoms with Crippen molar-refractivity contribution in [1.29, 1.82) is 0 Å². The van der Waals surface area contributed by atoms with E-state index in [4.69, 9.17) is 4.74 Å². The highest BCUT2D eigenvalue weighted by atomic mass is 127. The van der Waals surface area contributed by atoms with Crippen molar-refractivity contribution in [2.45, 2.75) is 18.9 Å². The molecule has 3 rings (SSSR count). The van der Waals surface area contributed by atoms with Crippen LogP contribution < -0.4 is 24.0 Å². The van der Waals surface area contributed by atoms with Gasteiger partial charge in [0.25, 0.3) is 0 Å². The minimum absolute atomic E-state index is 0. The summed E-state index contributed by atoms with van der Waals surface area (Å²) in [4.78, 5) is 12.6. The van der Waals surface area contributed by atoms with Crippen LogP contribution in [0.4, 0.5) is 0 Å². The fraction of sp³-hybridized carbons (Fsp3) is 0.350. The standard InChI is InChI=1S/C20H23BrNO2.HI/c1-22(13-5-6-14-22)15-19(16-7-3-2-4-8-16)24-20(23)17-9-11-18(21)12-10-17;/h2-4,7-12,19H,5-6,13-15H2,1H3;1H/q+1;/p-1. The molecule has 0 radical (unpaired) electrons. The highest BCUT2D eigenvalue weighted by Gasteiger charge is 2.33. The normalized spacial score (nSPS) is 16.7. The minimum Gasteiger partial charge on any atom is -1.00 e. The maximum absolute atomic E-state index is 12.6. The molecule has 2 aromatic carbocycles. The minimum atomic E-state index is -0.262. The topological polar surface area (TPSA) is 26.3 Å². The Bertz CT molecular complexity index is 685. The maximum Gasteiger partial charge on any atom is 0.338 e. The molecule has 0 aliphatic carbocycles. The summed E-state index contributed by atoms with van der Waals surface area (Å²) in [5.74, 6) is -0.262. The van der Waals surface area contributed by atoms with Crippen molar-refractivity contribution in [3.63, 3.8) is 0 Å². The van der Waals surface area contributed by atoms with E-state index in [0.717, 1.165) is 34.2 Å². The third-order valence-electron chi connectivity index (χ3n) is 4.75. The number of hydrogen-bond acceptors (Lipinski definition) is 2. The Morgan fingerprint density at radius 3 is 2.28 bits per heavy atom. The van der Waals surface area contributed by atoms with Gasteiger partial charge in [-0.1, -0.05) is 46.3 Å². The van der Waals surface area contributed by atoms with Gasteiger partial charge in [0.15, 0.2) is 6.10 Å². The summed E-state index contributed by atoms with van der Waals surface area (Å²) in [6, 6.07) is 17.4. The predicted octanol–water partition coefficient (Wildman–Crippen LogP) is 1.59. The van der Waals surface area contributed by atoms with Crippen LogP contribution >= 0.6 is 15.9 Å². The lowest BCUT2D eigenvalue weighted by Gasteiger charge is -2.33. The molecule has 0 aromatic heterocycles. The van der Waals surface area contributed by atoms with Crippen molar-refractivity contribution in [3.05, 3.63) is 70.2 Å². The van der Waals surface area contributed by atoms with Gasteiger partial charge < -0.3 is 33.2 Å². The summed E-state index contributed by atoms with van der Waals surface area (Å²) < 4.78 is 7.84. The predicted molar refractivity (Wildman–Crippen MR) is 98.8 cm³/mol. The van der Waals surface area contributed by atoms with E-state index < -0.39 is 0 Å². The van der Waals surface area contributed by atoms with E-state index in [1.54, 1.807) is 12.1 Å². The van der Waals surface area contributed by atoms with Crippen molar-refractivity contribution in [3.8, 4) is 0 Å². The van der Waals surface area contributed by atoms with Crippen molar-refractivity contribution >= 4 is 21.9 Å². The van der Waals surface area contributed by atoms with Gasteiger partial charge in [-0.25, -0.2) is 4.79 Å². The molecule has 1 aliphatic heterocycles. The van der Waals surface area contributed by atoms with E-state index in [0.29, 0.717) is 5.56 Å². The second-order valence-corrected chi connectivity index (χ2v) is 7.68. The summed E-state index contributed by atoms with van der Waals surface area (Å²) in [7, 11) is 2.26.